The van der Waals surface area contributed by atoms with Crippen molar-refractivity contribution in [2.24, 2.45) is 5.73 Å². The van der Waals surface area contributed by atoms with Crippen molar-refractivity contribution >= 4 is 0 Å². The van der Waals surface area contributed by atoms with Crippen LogP contribution in [-0.4, -0.2) is 30.3 Å². The van der Waals surface area contributed by atoms with Gasteiger partial charge in [0.1, 0.15) is 0 Å². The number of β-amino-alcohol motifs (C(OH)–C–C–N with tert-alkyl or cyclic N) is 1. The molecule has 3 nitrogen and oxygen atoms in total. The third-order valence-electron chi connectivity index (χ3n) is 1.60. The first kappa shape index (κ1) is 6.01. The van der Waals surface area contributed by atoms with Crippen molar-refractivity contribution in [1.82, 2.24) is 5.32 Å². The van der Waals surface area contributed by atoms with Crippen LogP contribution in [0.25, 0.3) is 0 Å². The van der Waals surface area contributed by atoms with Gasteiger partial charge < -0.3 is 16.2 Å². The maximum Gasteiger partial charge on any atom is 0.0905 e. The minimum absolute atomic E-state index is 0.375. The molecule has 1 aliphatic heterocycles. The van der Waals surface area contributed by atoms with Gasteiger partial charge in [0.15, 0.2) is 0 Å². The predicted octanol–water partition coefficient (Wildman–Crippen LogP) is -1.33. The number of aliphatic hydroxyl groups is 1. The Morgan fingerprint density at radius 1 is 1.75 bits per heavy atom. The molecule has 1 heterocycles. The first-order chi connectivity index (χ1) is 3.77. The lowest BCUT2D eigenvalue weighted by Gasteiger charge is -2.17. The summed E-state index contributed by atoms with van der Waals surface area (Å²) >= 11 is 0. The molecule has 0 aliphatic carbocycles. The van der Waals surface area contributed by atoms with Gasteiger partial charge in [-0.15, -0.1) is 0 Å². The van der Waals surface area contributed by atoms with E-state index in [0.717, 1.165) is 13.0 Å². The molecule has 4 N–H and O–H groups in total. The number of hydrogen-bond acceptors (Lipinski definition) is 3. The van der Waals surface area contributed by atoms with Gasteiger partial charge in [-0.2, -0.15) is 0 Å². The van der Waals surface area contributed by atoms with Crippen molar-refractivity contribution in [1.29, 1.82) is 0 Å². The molecule has 0 aromatic carbocycles. The highest BCUT2D eigenvalue weighted by Crippen LogP contribution is 2.10. The van der Waals surface area contributed by atoms with Gasteiger partial charge in [-0.1, -0.05) is 0 Å². The zero-order valence-electron chi connectivity index (χ0n) is 4.85. The molecule has 8 heavy (non-hydrogen) atoms. The van der Waals surface area contributed by atoms with Crippen molar-refractivity contribution in [3.63, 3.8) is 0 Å². The number of nitrogens with one attached hydrogen (secondary N) is 1. The van der Waals surface area contributed by atoms with E-state index in [1.165, 1.54) is 0 Å². The summed E-state index contributed by atoms with van der Waals surface area (Å²) in [6, 6.07) is 0. The van der Waals surface area contributed by atoms with Crippen LogP contribution in [0.3, 0.4) is 0 Å². The first-order valence-electron chi connectivity index (χ1n) is 2.90. The van der Waals surface area contributed by atoms with E-state index in [4.69, 9.17) is 5.73 Å². The Hall–Kier alpha value is -0.120. The Bertz CT molecular complexity index is 78.5. The molecule has 48 valence electrons. The average molecular weight is 116 g/mol. The maximum atomic E-state index is 9.31. The van der Waals surface area contributed by atoms with Crippen molar-refractivity contribution in [3.05, 3.63) is 0 Å². The van der Waals surface area contributed by atoms with Crippen molar-refractivity contribution < 1.29 is 5.11 Å². The summed E-state index contributed by atoms with van der Waals surface area (Å²) in [6.07, 6.45) is 0.795. The molecule has 0 bridgehead atoms. The Morgan fingerprint density at radius 2 is 2.50 bits per heavy atom. The molecule has 0 aromatic rings. The van der Waals surface area contributed by atoms with Gasteiger partial charge in [-0.25, -0.2) is 0 Å². The first-order valence-corrected chi connectivity index (χ1v) is 2.90. The second-order valence-electron chi connectivity index (χ2n) is 2.36. The zero-order chi connectivity index (χ0) is 6.04. The number of hydrogen-bond donors (Lipinski definition) is 3. The largest absolute Gasteiger partial charge is 0.387 e. The monoisotopic (exact) mass is 116 g/mol. The summed E-state index contributed by atoms with van der Waals surface area (Å²) in [4.78, 5) is 0. The Morgan fingerprint density at radius 3 is 2.75 bits per heavy atom. The highest BCUT2D eigenvalue weighted by molar-refractivity contribution is 4.87. The van der Waals surface area contributed by atoms with Crippen LogP contribution in [0.2, 0.25) is 0 Å². The summed E-state index contributed by atoms with van der Waals surface area (Å²) in [5.74, 6) is 0. The average Bonchev–Trinajstić information content (AvgIpc) is 2.17. The van der Waals surface area contributed by atoms with Crippen LogP contribution < -0.4 is 11.1 Å². The van der Waals surface area contributed by atoms with E-state index in [0.29, 0.717) is 13.1 Å². The standard InChI is InChI=1S/C5H12N2O/c6-3-5(8)1-2-7-4-5/h7-8H,1-4,6H2/t5-/m1/s1. The van der Waals surface area contributed by atoms with E-state index < -0.39 is 5.60 Å². The highest BCUT2D eigenvalue weighted by atomic mass is 16.3. The van der Waals surface area contributed by atoms with Gasteiger partial charge in [0, 0.05) is 13.1 Å². The molecule has 0 saturated carbocycles. The Labute approximate surface area is 48.9 Å². The van der Waals surface area contributed by atoms with Crippen LogP contribution in [0.5, 0.6) is 0 Å². The lowest BCUT2D eigenvalue weighted by molar-refractivity contribution is 0.0707. The molecule has 0 aromatic heterocycles. The molecule has 3 heteroatoms. The van der Waals surface area contributed by atoms with Crippen molar-refractivity contribution in [2.75, 3.05) is 19.6 Å². The normalized spacial score (nSPS) is 38.2. The quantitative estimate of drug-likeness (QED) is 0.398. The van der Waals surface area contributed by atoms with Crippen molar-refractivity contribution in [3.8, 4) is 0 Å². The van der Waals surface area contributed by atoms with E-state index in [1.807, 2.05) is 0 Å². The molecule has 0 radical (unpaired) electrons. The Balaban J connectivity index is 2.40. The smallest absolute Gasteiger partial charge is 0.0905 e. The van der Waals surface area contributed by atoms with Gasteiger partial charge in [0.2, 0.25) is 0 Å². The van der Waals surface area contributed by atoms with Crippen molar-refractivity contribution in [2.45, 2.75) is 12.0 Å². The lowest BCUT2D eigenvalue weighted by Crippen LogP contribution is -2.39. The van der Waals surface area contributed by atoms with Gasteiger partial charge >= 0.3 is 0 Å². The maximum absolute atomic E-state index is 9.31. The second-order valence-corrected chi connectivity index (χ2v) is 2.36. The summed E-state index contributed by atoms with van der Waals surface area (Å²) in [6.45, 7) is 1.93. The van der Waals surface area contributed by atoms with E-state index in [9.17, 15) is 5.11 Å². The molecule has 0 spiro atoms. The van der Waals surface area contributed by atoms with Gasteiger partial charge in [0.05, 0.1) is 5.60 Å². The summed E-state index contributed by atoms with van der Waals surface area (Å²) in [7, 11) is 0. The van der Waals surface area contributed by atoms with E-state index in [-0.39, 0.29) is 0 Å². The summed E-state index contributed by atoms with van der Waals surface area (Å²) in [5, 5.41) is 12.3. The molecule has 0 amide bonds. The topological polar surface area (TPSA) is 58.3 Å². The summed E-state index contributed by atoms with van der Waals surface area (Å²) < 4.78 is 0. The van der Waals surface area contributed by atoms with Crippen LogP contribution in [0.4, 0.5) is 0 Å². The van der Waals surface area contributed by atoms with Gasteiger partial charge in [-0.3, -0.25) is 0 Å². The minimum Gasteiger partial charge on any atom is -0.387 e. The van der Waals surface area contributed by atoms with Crippen LogP contribution in [0, 0.1) is 0 Å². The second kappa shape index (κ2) is 2.01. The zero-order valence-corrected chi connectivity index (χ0v) is 4.85. The fourth-order valence-electron chi connectivity index (χ4n) is 0.905. The van der Waals surface area contributed by atoms with Crippen LogP contribution >= 0.6 is 0 Å². The molecule has 1 aliphatic rings. The van der Waals surface area contributed by atoms with Crippen LogP contribution in [0.1, 0.15) is 6.42 Å². The molecule has 0 unspecified atom stereocenters. The molecule has 1 atom stereocenters. The van der Waals surface area contributed by atoms with E-state index in [2.05, 4.69) is 5.32 Å². The van der Waals surface area contributed by atoms with Gasteiger partial charge in [-0.05, 0) is 13.0 Å². The molecule has 1 fully saturated rings. The fourth-order valence-corrected chi connectivity index (χ4v) is 0.905. The van der Waals surface area contributed by atoms with Crippen LogP contribution in [-0.2, 0) is 0 Å². The molecule has 1 saturated heterocycles. The fraction of sp³-hybridized carbons (Fsp3) is 1.00. The predicted molar refractivity (Wildman–Crippen MR) is 31.5 cm³/mol. The third-order valence-corrected chi connectivity index (χ3v) is 1.60. The lowest BCUT2D eigenvalue weighted by atomic mass is 10.1. The third kappa shape index (κ3) is 0.992. The molecular weight excluding hydrogens is 104 g/mol. The van der Waals surface area contributed by atoms with Crippen LogP contribution in [0.15, 0.2) is 0 Å². The Kier molecular flexibility index (Phi) is 1.51. The number of rotatable bonds is 1. The molecular formula is C5H12N2O. The van der Waals surface area contributed by atoms with E-state index >= 15 is 0 Å². The summed E-state index contributed by atoms with van der Waals surface area (Å²) in [5.41, 5.74) is 4.68. The molecule has 1 rings (SSSR count). The minimum atomic E-state index is -0.597. The van der Waals surface area contributed by atoms with E-state index in [1.54, 1.807) is 0 Å². The van der Waals surface area contributed by atoms with Gasteiger partial charge in [0.25, 0.3) is 0 Å². The number of nitrogens with two attached hydrogens (primary N) is 1. The SMILES string of the molecule is NC[C@]1(O)CCNC1. The highest BCUT2D eigenvalue weighted by Gasteiger charge is 2.28.